The van der Waals surface area contributed by atoms with Crippen molar-refractivity contribution in [1.82, 2.24) is 0 Å². The molecule has 12 heteroatoms. The lowest BCUT2D eigenvalue weighted by Gasteiger charge is -2.56. The molecule has 0 radical (unpaired) electrons. The Bertz CT molecular complexity index is 1220. The van der Waals surface area contributed by atoms with Gasteiger partial charge >= 0.3 is 17.1 Å². The largest absolute Gasteiger partial charge is 0.410 e. The summed E-state index contributed by atoms with van der Waals surface area (Å²) < 4.78 is 39.2. The summed E-state index contributed by atoms with van der Waals surface area (Å²) in [6.07, 6.45) is -5.86. The van der Waals surface area contributed by atoms with Gasteiger partial charge in [-0.15, -0.1) is 0 Å². The van der Waals surface area contributed by atoms with E-state index >= 15 is 0 Å². The lowest BCUT2D eigenvalue weighted by Crippen LogP contribution is -2.64. The first-order valence-corrected chi connectivity index (χ1v) is 20.5. The molecule has 4 aliphatic heterocycles. The van der Waals surface area contributed by atoms with Crippen molar-refractivity contribution in [2.24, 2.45) is 11.8 Å². The predicted molar refractivity (Wildman–Crippen MR) is 163 cm³/mol. The summed E-state index contributed by atoms with van der Waals surface area (Å²) in [6, 6.07) is 0. The second kappa shape index (κ2) is 10.2. The fourth-order valence-corrected chi connectivity index (χ4v) is 14.0. The van der Waals surface area contributed by atoms with Gasteiger partial charge in [0.2, 0.25) is 0 Å². The van der Waals surface area contributed by atoms with Crippen LogP contribution in [-0.4, -0.2) is 99.3 Å². The van der Waals surface area contributed by atoms with Crippen LogP contribution in [0, 0.1) is 11.8 Å². The Hall–Kier alpha value is -1.07. The molecule has 2 saturated heterocycles. The van der Waals surface area contributed by atoms with E-state index in [0.717, 1.165) is 0 Å². The molecular formula is C32H48O10Si2. The Kier molecular flexibility index (Phi) is 7.32. The van der Waals surface area contributed by atoms with Gasteiger partial charge in [-0.05, 0) is 47.2 Å². The minimum atomic E-state index is -3.29. The first-order chi connectivity index (χ1) is 20.5. The van der Waals surface area contributed by atoms with Gasteiger partial charge in [0.05, 0.1) is 12.2 Å². The molecule has 0 aromatic carbocycles. The minimum Gasteiger partial charge on any atom is -0.410 e. The molecule has 0 aromatic rings. The number of ether oxygens (including phenoxy) is 4. The fraction of sp³-hybridized carbons (Fsp3) is 0.812. The zero-order valence-electron chi connectivity index (χ0n) is 27.4. The van der Waals surface area contributed by atoms with Crippen LogP contribution in [0.4, 0.5) is 0 Å². The summed E-state index contributed by atoms with van der Waals surface area (Å²) in [7, 11) is -6.59. The topological polar surface area (TPSA) is 137 Å². The number of hydrogen-bond donors (Lipinski definition) is 2. The molecule has 4 heterocycles. The smallest absolute Gasteiger partial charge is 0.341 e. The molecule has 0 unspecified atom stereocenters. The highest BCUT2D eigenvalue weighted by atomic mass is 28.4. The molecule has 3 aliphatic carbocycles. The van der Waals surface area contributed by atoms with Crippen LogP contribution in [0.1, 0.15) is 69.2 Å². The number of fused-ring (bicyclic) bond motifs is 4. The number of Topliss-reactive ketones (excluding diaryl/α,β-unsaturated/α-hetero) is 2. The van der Waals surface area contributed by atoms with E-state index in [-0.39, 0.29) is 45.9 Å². The number of hydrogen-bond acceptors (Lipinski definition) is 10. The van der Waals surface area contributed by atoms with Crippen LogP contribution in [0.5, 0.6) is 0 Å². The first-order valence-electron chi connectivity index (χ1n) is 16.5. The van der Waals surface area contributed by atoms with Crippen molar-refractivity contribution in [2.75, 3.05) is 0 Å². The molecule has 7 aliphatic rings. The van der Waals surface area contributed by atoms with Crippen molar-refractivity contribution in [3.05, 3.63) is 22.3 Å². The van der Waals surface area contributed by atoms with Gasteiger partial charge < -0.3 is 37.4 Å². The Labute approximate surface area is 261 Å². The third-order valence-electron chi connectivity index (χ3n) is 11.5. The van der Waals surface area contributed by atoms with E-state index in [2.05, 4.69) is 0 Å². The van der Waals surface area contributed by atoms with Crippen molar-refractivity contribution in [3.8, 4) is 0 Å². The van der Waals surface area contributed by atoms with Gasteiger partial charge in [-0.25, -0.2) is 0 Å². The molecule has 2 N–H and O–H groups in total. The van der Waals surface area contributed by atoms with Crippen molar-refractivity contribution in [3.63, 3.8) is 0 Å². The van der Waals surface area contributed by atoms with Crippen LogP contribution in [-0.2, 0) is 37.4 Å². The predicted octanol–water partition coefficient (Wildman–Crippen LogP) is 3.38. The average Bonchev–Trinajstić information content (AvgIpc) is 3.85. The molecule has 2 fully saturated rings. The van der Waals surface area contributed by atoms with Gasteiger partial charge in [0, 0.05) is 23.0 Å². The average molecular weight is 649 g/mol. The van der Waals surface area contributed by atoms with Gasteiger partial charge in [-0.2, -0.15) is 0 Å². The summed E-state index contributed by atoms with van der Waals surface area (Å²) in [4.78, 5) is 52.1. The molecule has 0 aromatic heterocycles. The van der Waals surface area contributed by atoms with Crippen LogP contribution in [0.3, 0.4) is 0 Å². The molecule has 0 amide bonds. The lowest BCUT2D eigenvalue weighted by molar-refractivity contribution is -0.177. The zero-order valence-corrected chi connectivity index (χ0v) is 29.4. The summed E-state index contributed by atoms with van der Waals surface area (Å²) in [5.74, 6) is -1.11. The first kappa shape index (κ1) is 31.5. The highest BCUT2D eigenvalue weighted by Crippen LogP contribution is 2.59. The maximum absolute atomic E-state index is 14.1. The van der Waals surface area contributed by atoms with E-state index in [1.807, 2.05) is 69.2 Å². The van der Waals surface area contributed by atoms with Gasteiger partial charge in [-0.3, -0.25) is 9.59 Å². The number of rotatable bonds is 8. The highest BCUT2D eigenvalue weighted by Gasteiger charge is 2.70. The van der Waals surface area contributed by atoms with E-state index in [1.54, 1.807) is 0 Å². The molecular weight excluding hydrogens is 601 g/mol. The number of epoxide rings is 2. The summed E-state index contributed by atoms with van der Waals surface area (Å²) in [6.45, 7) is 19.7. The normalized spacial score (nSPS) is 42.6. The molecule has 7 rings (SSSR count). The quantitative estimate of drug-likeness (QED) is 0.298. The second-order valence-corrected chi connectivity index (χ2v) is 23.4. The lowest BCUT2D eigenvalue weighted by atomic mass is 9.60. The standard InChI is InChI=1S/C32H48O10Si2/c1-11(2)43(35,12(3)4)41-27-21-19(23(33)29-31(27)39-29)17-15(9)37-25(21)26-22-20(18(17)16(10)38-26)24(34)30-32(40-30)28(22)42-44(36,13(5)6)14(7)8/h11-18,25-32,35-36H,1-10H3/t15-,16-,17-,18-,25-,26-,27+,28+,29+,30+,31-,32-/m1/s1. The third-order valence-corrected chi connectivity index (χ3v) is 19.4. The van der Waals surface area contributed by atoms with Gasteiger partial charge in [0.1, 0.15) is 48.8 Å². The summed E-state index contributed by atoms with van der Waals surface area (Å²) in [5, 5.41) is 0. The van der Waals surface area contributed by atoms with E-state index in [1.165, 1.54) is 0 Å². The monoisotopic (exact) mass is 648 g/mol. The molecule has 0 saturated carbocycles. The molecule has 10 nitrogen and oxygen atoms in total. The van der Waals surface area contributed by atoms with Crippen LogP contribution < -0.4 is 0 Å². The second-order valence-electron chi connectivity index (χ2n) is 15.3. The van der Waals surface area contributed by atoms with Crippen LogP contribution in [0.2, 0.25) is 22.2 Å². The Morgan fingerprint density at radius 3 is 1.18 bits per heavy atom. The van der Waals surface area contributed by atoms with Gasteiger partial charge in [0.15, 0.2) is 11.6 Å². The Morgan fingerprint density at radius 2 is 0.886 bits per heavy atom. The Balaban J connectivity index is 1.40. The molecule has 4 bridgehead atoms. The maximum atomic E-state index is 14.1. The van der Waals surface area contributed by atoms with Crippen LogP contribution in [0.15, 0.2) is 22.3 Å². The van der Waals surface area contributed by atoms with Crippen molar-refractivity contribution in [1.29, 1.82) is 0 Å². The molecule has 0 spiro atoms. The minimum absolute atomic E-state index is 0.0748. The Morgan fingerprint density at radius 1 is 0.568 bits per heavy atom. The molecule has 12 atom stereocenters. The fourth-order valence-electron chi connectivity index (χ4n) is 8.93. The maximum Gasteiger partial charge on any atom is 0.341 e. The molecule has 44 heavy (non-hydrogen) atoms. The summed E-state index contributed by atoms with van der Waals surface area (Å²) in [5.41, 5.74) is 2.23. The van der Waals surface area contributed by atoms with Crippen molar-refractivity contribution < 1.29 is 47.0 Å². The zero-order chi connectivity index (χ0) is 31.9. The third kappa shape index (κ3) is 4.18. The number of carbonyl (C=O) groups is 2. The van der Waals surface area contributed by atoms with E-state index in [0.29, 0.717) is 22.3 Å². The number of ketones is 2. The van der Waals surface area contributed by atoms with Crippen LogP contribution in [0.25, 0.3) is 0 Å². The van der Waals surface area contributed by atoms with Crippen LogP contribution >= 0.6 is 0 Å². The molecule has 244 valence electrons. The van der Waals surface area contributed by atoms with E-state index in [9.17, 15) is 19.2 Å². The summed E-state index contributed by atoms with van der Waals surface area (Å²) >= 11 is 0. The van der Waals surface area contributed by atoms with E-state index < -0.39 is 77.8 Å². The van der Waals surface area contributed by atoms with Gasteiger partial charge in [-0.1, -0.05) is 55.4 Å². The SMILES string of the molecule is CC(C)[Si](O)(O[C@H]1C2=C(C(=O)[C@@H]3O[C@@H]31)[C@H]1[C@@H]3C4=C([C@@H](O[C@@H]3C)[C@@H]2O[C@@H]1C)[C@H](O[Si](O)(C(C)C)C(C)C)[C@H]1O[C@H]1C4=O)C(C)C. The van der Waals surface area contributed by atoms with E-state index in [4.69, 9.17) is 27.8 Å². The highest BCUT2D eigenvalue weighted by molar-refractivity contribution is 6.69. The van der Waals surface area contributed by atoms with Crippen molar-refractivity contribution in [2.45, 2.75) is 152 Å². The number of carbonyl (C=O) groups excluding carboxylic acids is 2. The van der Waals surface area contributed by atoms with Gasteiger partial charge in [0.25, 0.3) is 0 Å². The van der Waals surface area contributed by atoms with Crippen molar-refractivity contribution >= 4 is 28.7 Å².